The third-order valence-electron chi connectivity index (χ3n) is 5.32. The summed E-state index contributed by atoms with van der Waals surface area (Å²) in [6, 6.07) is 10.3. The van der Waals surface area contributed by atoms with E-state index in [1.807, 2.05) is 36.9 Å². The molecule has 1 aliphatic rings. The van der Waals surface area contributed by atoms with Crippen molar-refractivity contribution in [2.75, 3.05) is 44.6 Å². The largest absolute Gasteiger partial charge is 0.452 e. The van der Waals surface area contributed by atoms with Gasteiger partial charge >= 0.3 is 5.97 Å². The number of nitrogens with one attached hydrogen (secondary N) is 1. The van der Waals surface area contributed by atoms with Crippen molar-refractivity contribution in [3.63, 3.8) is 0 Å². The molecule has 1 N–H and O–H groups in total. The molecule has 0 saturated carbocycles. The molecule has 1 aliphatic heterocycles. The van der Waals surface area contributed by atoms with Crippen LogP contribution in [0.3, 0.4) is 0 Å². The van der Waals surface area contributed by atoms with Crippen molar-refractivity contribution in [3.05, 3.63) is 63.1 Å². The Morgan fingerprint density at radius 1 is 1.00 bits per heavy atom. The molecule has 0 spiro atoms. The van der Waals surface area contributed by atoms with Gasteiger partial charge in [0.15, 0.2) is 6.61 Å². The number of anilines is 1. The van der Waals surface area contributed by atoms with E-state index >= 15 is 0 Å². The van der Waals surface area contributed by atoms with Crippen molar-refractivity contribution in [1.82, 2.24) is 9.80 Å². The number of ether oxygens (including phenoxy) is 1. The summed E-state index contributed by atoms with van der Waals surface area (Å²) >= 11 is 11.8. The molecule has 2 aromatic rings. The number of esters is 1. The minimum absolute atomic E-state index is 0.0871. The molecule has 0 unspecified atom stereocenters. The molecule has 0 aromatic heterocycles. The number of carbonyl (C=O) groups excluding carboxylic acids is 3. The number of halogens is 2. The quantitative estimate of drug-likeness (QED) is 0.643. The lowest BCUT2D eigenvalue weighted by atomic mass is 10.1. The molecular weight excluding hydrogens is 453 g/mol. The van der Waals surface area contributed by atoms with Crippen molar-refractivity contribution >= 4 is 46.7 Å². The number of piperazine rings is 1. The number of hydrogen-bond donors (Lipinski definition) is 1. The Morgan fingerprint density at radius 3 is 2.28 bits per heavy atom. The molecule has 2 amide bonds. The third kappa shape index (κ3) is 6.22. The molecule has 0 bridgehead atoms. The number of amides is 2. The van der Waals surface area contributed by atoms with Crippen LogP contribution in [0.25, 0.3) is 0 Å². The zero-order chi connectivity index (χ0) is 23.3. The van der Waals surface area contributed by atoms with E-state index in [1.165, 1.54) is 18.2 Å². The Labute approximate surface area is 197 Å². The summed E-state index contributed by atoms with van der Waals surface area (Å²) in [5, 5.41) is 3.55. The molecule has 0 atom stereocenters. The van der Waals surface area contributed by atoms with Crippen molar-refractivity contribution in [1.29, 1.82) is 0 Å². The van der Waals surface area contributed by atoms with Gasteiger partial charge in [-0.25, -0.2) is 4.79 Å². The highest BCUT2D eigenvalue weighted by atomic mass is 35.5. The van der Waals surface area contributed by atoms with Crippen molar-refractivity contribution in [2.24, 2.45) is 0 Å². The minimum Gasteiger partial charge on any atom is -0.452 e. The highest BCUT2D eigenvalue weighted by Gasteiger charge is 2.24. The summed E-state index contributed by atoms with van der Waals surface area (Å²) in [4.78, 5) is 40.6. The van der Waals surface area contributed by atoms with Gasteiger partial charge in [-0.2, -0.15) is 0 Å². The van der Waals surface area contributed by atoms with Crippen LogP contribution < -0.4 is 5.32 Å². The highest BCUT2D eigenvalue weighted by Crippen LogP contribution is 2.22. The van der Waals surface area contributed by atoms with E-state index in [2.05, 4.69) is 5.32 Å². The Kier molecular flexibility index (Phi) is 8.12. The molecule has 1 saturated heterocycles. The van der Waals surface area contributed by atoms with Crippen LogP contribution in [-0.2, 0) is 14.3 Å². The summed E-state index contributed by atoms with van der Waals surface area (Å²) in [5.74, 6) is -1.05. The lowest BCUT2D eigenvalue weighted by Gasteiger charge is -2.34. The first-order chi connectivity index (χ1) is 15.2. The van der Waals surface area contributed by atoms with Crippen LogP contribution in [0.4, 0.5) is 5.69 Å². The summed E-state index contributed by atoms with van der Waals surface area (Å²) in [6.45, 7) is 5.82. The predicted molar refractivity (Wildman–Crippen MR) is 124 cm³/mol. The fraction of sp³-hybridized carbons (Fsp3) is 0.348. The van der Waals surface area contributed by atoms with Crippen molar-refractivity contribution in [3.8, 4) is 0 Å². The lowest BCUT2D eigenvalue weighted by molar-refractivity contribution is -0.136. The molecule has 3 rings (SSSR count). The minimum atomic E-state index is -0.679. The van der Waals surface area contributed by atoms with Gasteiger partial charge in [0.1, 0.15) is 0 Å². The number of aryl methyl sites for hydroxylation is 2. The Morgan fingerprint density at radius 2 is 1.66 bits per heavy atom. The van der Waals surface area contributed by atoms with E-state index in [1.54, 1.807) is 4.90 Å². The van der Waals surface area contributed by atoms with Gasteiger partial charge in [-0.3, -0.25) is 14.5 Å². The van der Waals surface area contributed by atoms with E-state index in [0.717, 1.165) is 16.8 Å². The highest BCUT2D eigenvalue weighted by molar-refractivity contribution is 6.36. The average molecular weight is 478 g/mol. The molecule has 0 radical (unpaired) electrons. The molecule has 170 valence electrons. The lowest BCUT2D eigenvalue weighted by Crippen LogP contribution is -2.51. The SMILES string of the molecule is Cc1cccc(C)c1NC(=O)CN1CCN(C(=O)COC(=O)c2ccc(Cl)cc2Cl)CC1. The number of hydrogen-bond acceptors (Lipinski definition) is 5. The standard InChI is InChI=1S/C23H25Cl2N3O4/c1-15-4-3-5-16(2)22(15)26-20(29)13-27-8-10-28(11-9-27)21(30)14-32-23(31)18-7-6-17(24)12-19(18)25/h3-7,12H,8-11,13-14H2,1-2H3,(H,26,29). The van der Waals surface area contributed by atoms with Crippen LogP contribution in [0.2, 0.25) is 10.0 Å². The summed E-state index contributed by atoms with van der Waals surface area (Å²) < 4.78 is 5.11. The fourth-order valence-corrected chi connectivity index (χ4v) is 3.99. The predicted octanol–water partition coefficient (Wildman–Crippen LogP) is 3.55. The number of rotatable bonds is 6. The number of benzene rings is 2. The molecule has 32 heavy (non-hydrogen) atoms. The maximum Gasteiger partial charge on any atom is 0.340 e. The first-order valence-corrected chi connectivity index (χ1v) is 11.0. The van der Waals surface area contributed by atoms with Gasteiger partial charge in [-0.15, -0.1) is 0 Å². The third-order valence-corrected chi connectivity index (χ3v) is 5.86. The summed E-state index contributed by atoms with van der Waals surface area (Å²) in [6.07, 6.45) is 0. The molecule has 9 heteroatoms. The number of nitrogens with zero attached hydrogens (tertiary/aromatic N) is 2. The van der Waals surface area contributed by atoms with E-state index in [9.17, 15) is 14.4 Å². The Hall–Kier alpha value is -2.61. The van der Waals surface area contributed by atoms with E-state index in [-0.39, 0.29) is 35.6 Å². The average Bonchev–Trinajstić information content (AvgIpc) is 2.75. The van der Waals surface area contributed by atoms with Gasteiger partial charge in [0.2, 0.25) is 5.91 Å². The normalized spacial score (nSPS) is 14.2. The van der Waals surface area contributed by atoms with Gasteiger partial charge in [0, 0.05) is 36.9 Å². The number of carbonyl (C=O) groups is 3. The van der Waals surface area contributed by atoms with Gasteiger partial charge < -0.3 is 15.0 Å². The smallest absolute Gasteiger partial charge is 0.340 e. The van der Waals surface area contributed by atoms with Crippen LogP contribution in [-0.4, -0.2) is 66.9 Å². The van der Waals surface area contributed by atoms with E-state index in [4.69, 9.17) is 27.9 Å². The van der Waals surface area contributed by atoms with Crippen LogP contribution in [0.15, 0.2) is 36.4 Å². The summed E-state index contributed by atoms with van der Waals surface area (Å²) in [5.41, 5.74) is 3.03. The Balaban J connectivity index is 1.43. The van der Waals surface area contributed by atoms with Crippen LogP contribution >= 0.6 is 23.2 Å². The number of para-hydroxylation sites is 1. The molecule has 0 aliphatic carbocycles. The van der Waals surface area contributed by atoms with Gasteiger partial charge in [-0.05, 0) is 43.2 Å². The van der Waals surface area contributed by atoms with Crippen LogP contribution in [0, 0.1) is 13.8 Å². The first-order valence-electron chi connectivity index (χ1n) is 10.2. The zero-order valence-electron chi connectivity index (χ0n) is 18.0. The van der Waals surface area contributed by atoms with Crippen molar-refractivity contribution < 1.29 is 19.1 Å². The first kappa shape index (κ1) is 24.0. The fourth-order valence-electron chi connectivity index (χ4n) is 3.50. The Bertz CT molecular complexity index is 1000. The molecule has 1 heterocycles. The van der Waals surface area contributed by atoms with Crippen molar-refractivity contribution in [2.45, 2.75) is 13.8 Å². The van der Waals surface area contributed by atoms with Gasteiger partial charge in [0.25, 0.3) is 5.91 Å². The van der Waals surface area contributed by atoms with E-state index in [0.29, 0.717) is 31.2 Å². The summed E-state index contributed by atoms with van der Waals surface area (Å²) in [7, 11) is 0. The molecule has 2 aromatic carbocycles. The maximum absolute atomic E-state index is 12.5. The molecule has 1 fully saturated rings. The second kappa shape index (κ2) is 10.8. The van der Waals surface area contributed by atoms with Gasteiger partial charge in [-0.1, -0.05) is 41.4 Å². The molecular formula is C23H25Cl2N3O4. The van der Waals surface area contributed by atoms with Crippen LogP contribution in [0.5, 0.6) is 0 Å². The second-order valence-electron chi connectivity index (χ2n) is 7.67. The maximum atomic E-state index is 12.5. The van der Waals surface area contributed by atoms with Crippen LogP contribution in [0.1, 0.15) is 21.5 Å². The van der Waals surface area contributed by atoms with E-state index < -0.39 is 5.97 Å². The zero-order valence-corrected chi connectivity index (χ0v) is 19.5. The topological polar surface area (TPSA) is 79.0 Å². The molecule has 7 nitrogen and oxygen atoms in total. The monoisotopic (exact) mass is 477 g/mol. The van der Waals surface area contributed by atoms with Gasteiger partial charge in [0.05, 0.1) is 17.1 Å². The second-order valence-corrected chi connectivity index (χ2v) is 8.52.